The molecular formula is C14H16BrNO3S. The largest absolute Gasteiger partial charge is 0.494 e. The van der Waals surface area contributed by atoms with Crippen LogP contribution in [0.1, 0.15) is 19.3 Å². The van der Waals surface area contributed by atoms with Gasteiger partial charge in [-0.15, -0.1) is 0 Å². The average Bonchev–Trinajstić information content (AvgIpc) is 2.80. The van der Waals surface area contributed by atoms with Crippen molar-refractivity contribution in [2.45, 2.75) is 25.3 Å². The molecule has 0 aliphatic carbocycles. The molecule has 0 unspecified atom stereocenters. The lowest BCUT2D eigenvalue weighted by molar-refractivity contribution is -0.124. The van der Waals surface area contributed by atoms with Gasteiger partial charge in [0.15, 0.2) is 0 Å². The molecule has 2 rings (SSSR count). The Labute approximate surface area is 130 Å². The standard InChI is InChI=1S/C14H16BrNO3S/c15-10-3-1-4-11(9-10)19-7-2-5-13(17)16-12-6-8-20-14(12)18/h1,3-4,9,12H,2,5-8H2,(H,16,17)/t12-/m0/s1. The number of halogens is 1. The van der Waals surface area contributed by atoms with Crippen LogP contribution in [-0.2, 0) is 9.59 Å². The maximum Gasteiger partial charge on any atom is 0.220 e. The maximum atomic E-state index is 11.7. The molecule has 1 saturated heterocycles. The minimum Gasteiger partial charge on any atom is -0.494 e. The number of nitrogens with one attached hydrogen (secondary N) is 1. The summed E-state index contributed by atoms with van der Waals surface area (Å²) in [7, 11) is 0. The van der Waals surface area contributed by atoms with Crippen LogP contribution in [0.2, 0.25) is 0 Å². The third-order valence-electron chi connectivity index (χ3n) is 2.88. The van der Waals surface area contributed by atoms with Gasteiger partial charge in [-0.1, -0.05) is 33.8 Å². The predicted molar refractivity (Wildman–Crippen MR) is 82.9 cm³/mol. The topological polar surface area (TPSA) is 55.4 Å². The minimum atomic E-state index is -0.293. The second-order valence-corrected chi connectivity index (χ2v) is 6.50. The number of amides is 1. The van der Waals surface area contributed by atoms with Gasteiger partial charge in [0.05, 0.1) is 12.6 Å². The van der Waals surface area contributed by atoms with E-state index in [2.05, 4.69) is 21.2 Å². The SMILES string of the molecule is O=C(CCCOc1cccc(Br)c1)N[C@H]1CCSC1=O. The molecule has 1 aromatic rings. The molecule has 0 spiro atoms. The predicted octanol–water partition coefficient (Wildman–Crippen LogP) is 2.76. The number of carbonyl (C=O) groups excluding carboxylic acids is 2. The van der Waals surface area contributed by atoms with Gasteiger partial charge < -0.3 is 10.1 Å². The van der Waals surface area contributed by atoms with Crippen molar-refractivity contribution in [1.29, 1.82) is 0 Å². The average molecular weight is 358 g/mol. The van der Waals surface area contributed by atoms with Gasteiger partial charge in [0, 0.05) is 16.6 Å². The number of hydrogen-bond donors (Lipinski definition) is 1. The van der Waals surface area contributed by atoms with E-state index >= 15 is 0 Å². The lowest BCUT2D eigenvalue weighted by Crippen LogP contribution is -2.37. The van der Waals surface area contributed by atoms with Crippen LogP contribution in [-0.4, -0.2) is 29.4 Å². The fourth-order valence-corrected chi connectivity index (χ4v) is 3.18. The molecule has 1 heterocycles. The highest BCUT2D eigenvalue weighted by Crippen LogP contribution is 2.20. The van der Waals surface area contributed by atoms with Crippen LogP contribution in [0.25, 0.3) is 0 Å². The molecule has 6 heteroatoms. The van der Waals surface area contributed by atoms with Gasteiger partial charge in [0.2, 0.25) is 11.0 Å². The summed E-state index contributed by atoms with van der Waals surface area (Å²) in [5, 5.41) is 2.84. The van der Waals surface area contributed by atoms with Crippen LogP contribution in [0.4, 0.5) is 0 Å². The molecule has 0 aromatic heterocycles. The number of hydrogen-bond acceptors (Lipinski definition) is 4. The first kappa shape index (κ1) is 15.4. The van der Waals surface area contributed by atoms with Gasteiger partial charge in [-0.2, -0.15) is 0 Å². The number of ether oxygens (including phenoxy) is 1. The van der Waals surface area contributed by atoms with Crippen LogP contribution in [0.5, 0.6) is 5.75 Å². The summed E-state index contributed by atoms with van der Waals surface area (Å²) in [5.41, 5.74) is 0. The fourth-order valence-electron chi connectivity index (χ4n) is 1.87. The lowest BCUT2D eigenvalue weighted by atomic mass is 10.2. The van der Waals surface area contributed by atoms with Crippen LogP contribution in [0.15, 0.2) is 28.7 Å². The van der Waals surface area contributed by atoms with Gasteiger partial charge in [0.25, 0.3) is 0 Å². The van der Waals surface area contributed by atoms with Gasteiger partial charge >= 0.3 is 0 Å². The molecule has 1 aliphatic heterocycles. The van der Waals surface area contributed by atoms with Gasteiger partial charge in [-0.25, -0.2) is 0 Å². The summed E-state index contributed by atoms with van der Waals surface area (Å²) in [4.78, 5) is 23.1. The summed E-state index contributed by atoms with van der Waals surface area (Å²) < 4.78 is 6.51. The van der Waals surface area contributed by atoms with E-state index in [0.29, 0.717) is 19.4 Å². The Balaban J connectivity index is 1.63. The van der Waals surface area contributed by atoms with E-state index in [1.807, 2.05) is 24.3 Å². The third kappa shape index (κ3) is 4.83. The monoisotopic (exact) mass is 357 g/mol. The Morgan fingerprint density at radius 3 is 3.05 bits per heavy atom. The van der Waals surface area contributed by atoms with Crippen LogP contribution in [0.3, 0.4) is 0 Å². The van der Waals surface area contributed by atoms with E-state index in [1.165, 1.54) is 11.8 Å². The molecule has 20 heavy (non-hydrogen) atoms. The summed E-state index contributed by atoms with van der Waals surface area (Å²) in [6.07, 6.45) is 1.75. The van der Waals surface area contributed by atoms with E-state index in [-0.39, 0.29) is 17.1 Å². The summed E-state index contributed by atoms with van der Waals surface area (Å²) in [5.74, 6) is 1.50. The third-order valence-corrected chi connectivity index (χ3v) is 4.39. The van der Waals surface area contributed by atoms with Gasteiger partial charge in [-0.05, 0) is 31.0 Å². The zero-order valence-electron chi connectivity index (χ0n) is 10.9. The molecule has 0 radical (unpaired) electrons. The molecule has 0 saturated carbocycles. The number of benzene rings is 1. The molecule has 1 N–H and O–H groups in total. The highest BCUT2D eigenvalue weighted by molar-refractivity contribution is 9.10. The summed E-state index contributed by atoms with van der Waals surface area (Å²) >= 11 is 4.66. The van der Waals surface area contributed by atoms with Gasteiger partial charge in [-0.3, -0.25) is 9.59 Å². The second kappa shape index (κ2) is 7.69. The minimum absolute atomic E-state index is 0.0729. The van der Waals surface area contributed by atoms with Crippen molar-refractivity contribution in [2.24, 2.45) is 0 Å². The number of thioether (sulfide) groups is 1. The van der Waals surface area contributed by atoms with E-state index in [1.54, 1.807) is 0 Å². The van der Waals surface area contributed by atoms with Crippen molar-refractivity contribution in [1.82, 2.24) is 5.32 Å². The van der Waals surface area contributed by atoms with E-state index in [0.717, 1.165) is 22.4 Å². The fraction of sp³-hybridized carbons (Fsp3) is 0.429. The summed E-state index contributed by atoms with van der Waals surface area (Å²) in [6.45, 7) is 0.483. The normalized spacial score (nSPS) is 18.1. The molecule has 4 nitrogen and oxygen atoms in total. The number of rotatable bonds is 6. The Bertz CT molecular complexity index is 495. The first-order valence-electron chi connectivity index (χ1n) is 6.49. The van der Waals surface area contributed by atoms with E-state index < -0.39 is 0 Å². The molecule has 1 amide bonds. The maximum absolute atomic E-state index is 11.7. The highest BCUT2D eigenvalue weighted by atomic mass is 79.9. The van der Waals surface area contributed by atoms with Gasteiger partial charge in [0.1, 0.15) is 5.75 Å². The highest BCUT2D eigenvalue weighted by Gasteiger charge is 2.26. The Kier molecular flexibility index (Phi) is 5.91. The molecule has 1 atom stereocenters. The Hall–Kier alpha value is -1.01. The second-order valence-electron chi connectivity index (χ2n) is 4.49. The quantitative estimate of drug-likeness (QED) is 0.795. The number of carbonyl (C=O) groups is 2. The Morgan fingerprint density at radius 1 is 1.50 bits per heavy atom. The van der Waals surface area contributed by atoms with Crippen LogP contribution in [0, 0.1) is 0 Å². The molecule has 0 bridgehead atoms. The lowest BCUT2D eigenvalue weighted by Gasteiger charge is -2.10. The van der Waals surface area contributed by atoms with Crippen molar-refractivity contribution in [2.75, 3.05) is 12.4 Å². The zero-order chi connectivity index (χ0) is 14.4. The first-order valence-corrected chi connectivity index (χ1v) is 8.27. The first-order chi connectivity index (χ1) is 9.65. The molecule has 1 aliphatic rings. The van der Waals surface area contributed by atoms with Crippen molar-refractivity contribution in [3.8, 4) is 5.75 Å². The van der Waals surface area contributed by atoms with E-state index in [9.17, 15) is 9.59 Å². The molecule has 1 fully saturated rings. The molecular weight excluding hydrogens is 342 g/mol. The van der Waals surface area contributed by atoms with Crippen LogP contribution >= 0.6 is 27.7 Å². The molecule has 1 aromatic carbocycles. The zero-order valence-corrected chi connectivity index (χ0v) is 13.3. The van der Waals surface area contributed by atoms with Crippen molar-refractivity contribution in [3.05, 3.63) is 28.7 Å². The van der Waals surface area contributed by atoms with Crippen molar-refractivity contribution >= 4 is 38.7 Å². The molecule has 108 valence electrons. The Morgan fingerprint density at radius 2 is 2.35 bits per heavy atom. The smallest absolute Gasteiger partial charge is 0.220 e. The van der Waals surface area contributed by atoms with Crippen molar-refractivity contribution < 1.29 is 14.3 Å². The summed E-state index contributed by atoms with van der Waals surface area (Å²) in [6, 6.07) is 7.29. The van der Waals surface area contributed by atoms with Crippen LogP contribution < -0.4 is 10.1 Å². The van der Waals surface area contributed by atoms with Crippen molar-refractivity contribution in [3.63, 3.8) is 0 Å². The van der Waals surface area contributed by atoms with E-state index in [4.69, 9.17) is 4.74 Å².